The SMILES string of the molecule is CCc1ccc(NC(=O)Nc2cnc(N3CCCC3)nc2N(C)C)cc1. The number of carbonyl (C=O) groups is 1. The Morgan fingerprint density at radius 1 is 1.15 bits per heavy atom. The highest BCUT2D eigenvalue weighted by Crippen LogP contribution is 2.25. The van der Waals surface area contributed by atoms with Gasteiger partial charge < -0.3 is 20.4 Å². The Morgan fingerprint density at radius 3 is 2.46 bits per heavy atom. The van der Waals surface area contributed by atoms with Crippen LogP contribution in [-0.2, 0) is 6.42 Å². The molecule has 7 heteroatoms. The van der Waals surface area contributed by atoms with E-state index in [0.29, 0.717) is 17.5 Å². The number of nitrogens with zero attached hydrogens (tertiary/aromatic N) is 4. The Morgan fingerprint density at radius 2 is 1.85 bits per heavy atom. The van der Waals surface area contributed by atoms with E-state index in [0.717, 1.165) is 25.2 Å². The predicted molar refractivity (Wildman–Crippen MR) is 106 cm³/mol. The third-order valence-corrected chi connectivity index (χ3v) is 4.44. The predicted octanol–water partition coefficient (Wildman–Crippen LogP) is 3.35. The standard InChI is InChI=1S/C19H26N6O/c1-4-14-7-9-15(10-8-14)21-19(26)22-16-13-20-18(23-17(16)24(2)3)25-11-5-6-12-25/h7-10,13H,4-6,11-12H2,1-3H3,(H2,21,22,26). The van der Waals surface area contributed by atoms with E-state index in [2.05, 4.69) is 32.4 Å². The van der Waals surface area contributed by atoms with Gasteiger partial charge in [0.25, 0.3) is 0 Å². The molecule has 2 aromatic rings. The molecule has 1 saturated heterocycles. The highest BCUT2D eigenvalue weighted by molar-refractivity contribution is 6.01. The topological polar surface area (TPSA) is 73.4 Å². The average Bonchev–Trinajstić information content (AvgIpc) is 3.17. The molecule has 7 nitrogen and oxygen atoms in total. The molecular weight excluding hydrogens is 328 g/mol. The summed E-state index contributed by atoms with van der Waals surface area (Å²) in [7, 11) is 3.81. The van der Waals surface area contributed by atoms with Crippen molar-refractivity contribution in [1.29, 1.82) is 0 Å². The summed E-state index contributed by atoms with van der Waals surface area (Å²) in [6, 6.07) is 7.51. The molecule has 0 atom stereocenters. The van der Waals surface area contributed by atoms with Crippen LogP contribution in [0.4, 0.5) is 27.9 Å². The number of nitrogens with one attached hydrogen (secondary N) is 2. The summed E-state index contributed by atoms with van der Waals surface area (Å²) in [5, 5.41) is 5.69. The summed E-state index contributed by atoms with van der Waals surface area (Å²) in [6.45, 7) is 4.06. The second-order valence-electron chi connectivity index (χ2n) is 6.63. The van der Waals surface area contributed by atoms with E-state index in [1.807, 2.05) is 43.3 Å². The van der Waals surface area contributed by atoms with Crippen LogP contribution >= 0.6 is 0 Å². The Hall–Kier alpha value is -2.83. The summed E-state index contributed by atoms with van der Waals surface area (Å²) < 4.78 is 0. The molecule has 26 heavy (non-hydrogen) atoms. The number of carbonyl (C=O) groups excluding carboxylic acids is 1. The molecule has 0 saturated carbocycles. The van der Waals surface area contributed by atoms with Gasteiger partial charge in [0.15, 0.2) is 5.82 Å². The Kier molecular flexibility index (Phi) is 5.55. The first kappa shape index (κ1) is 18.0. The largest absolute Gasteiger partial charge is 0.361 e. The maximum absolute atomic E-state index is 12.3. The van der Waals surface area contributed by atoms with Gasteiger partial charge in [-0.1, -0.05) is 19.1 Å². The van der Waals surface area contributed by atoms with Crippen LogP contribution in [0.2, 0.25) is 0 Å². The minimum atomic E-state index is -0.310. The normalized spacial score (nSPS) is 13.6. The number of hydrogen-bond donors (Lipinski definition) is 2. The molecular formula is C19H26N6O. The van der Waals surface area contributed by atoms with Crippen LogP contribution in [-0.4, -0.2) is 43.2 Å². The second kappa shape index (κ2) is 8.03. The second-order valence-corrected chi connectivity index (χ2v) is 6.63. The molecule has 0 aliphatic carbocycles. The molecule has 3 rings (SSSR count). The number of urea groups is 1. The van der Waals surface area contributed by atoms with Gasteiger partial charge in [-0.2, -0.15) is 4.98 Å². The fourth-order valence-corrected chi connectivity index (χ4v) is 2.97. The number of amides is 2. The maximum atomic E-state index is 12.3. The first-order valence-corrected chi connectivity index (χ1v) is 9.03. The zero-order valence-corrected chi connectivity index (χ0v) is 15.6. The fraction of sp³-hybridized carbons (Fsp3) is 0.421. The molecule has 0 spiro atoms. The number of aryl methyl sites for hydroxylation is 1. The molecule has 1 aliphatic heterocycles. The first-order chi connectivity index (χ1) is 12.6. The highest BCUT2D eigenvalue weighted by atomic mass is 16.2. The van der Waals surface area contributed by atoms with Crippen molar-refractivity contribution >= 4 is 29.2 Å². The van der Waals surface area contributed by atoms with E-state index >= 15 is 0 Å². The minimum Gasteiger partial charge on any atom is -0.361 e. The molecule has 0 bridgehead atoms. The van der Waals surface area contributed by atoms with E-state index in [1.165, 1.54) is 18.4 Å². The molecule has 138 valence electrons. The third kappa shape index (κ3) is 4.22. The van der Waals surface area contributed by atoms with Crippen molar-refractivity contribution in [3.05, 3.63) is 36.0 Å². The molecule has 1 aliphatic rings. The average molecular weight is 354 g/mol. The number of rotatable bonds is 5. The van der Waals surface area contributed by atoms with Gasteiger partial charge in [0, 0.05) is 32.9 Å². The van der Waals surface area contributed by atoms with Crippen LogP contribution < -0.4 is 20.4 Å². The summed E-state index contributed by atoms with van der Waals surface area (Å²) >= 11 is 0. The zero-order chi connectivity index (χ0) is 18.5. The highest BCUT2D eigenvalue weighted by Gasteiger charge is 2.18. The van der Waals surface area contributed by atoms with Crippen LogP contribution in [0.3, 0.4) is 0 Å². The molecule has 2 N–H and O–H groups in total. The van der Waals surface area contributed by atoms with Crippen molar-refractivity contribution in [1.82, 2.24) is 9.97 Å². The van der Waals surface area contributed by atoms with E-state index in [9.17, 15) is 4.79 Å². The van der Waals surface area contributed by atoms with Crippen LogP contribution in [0.5, 0.6) is 0 Å². The smallest absolute Gasteiger partial charge is 0.323 e. The van der Waals surface area contributed by atoms with Crippen LogP contribution in [0.25, 0.3) is 0 Å². The van der Waals surface area contributed by atoms with E-state index in [1.54, 1.807) is 6.20 Å². The van der Waals surface area contributed by atoms with Gasteiger partial charge in [-0.15, -0.1) is 0 Å². The lowest BCUT2D eigenvalue weighted by atomic mass is 10.1. The van der Waals surface area contributed by atoms with Crippen LogP contribution in [0.1, 0.15) is 25.3 Å². The molecule has 0 unspecified atom stereocenters. The Labute approximate surface area is 154 Å². The lowest BCUT2D eigenvalue weighted by Gasteiger charge is -2.21. The molecule has 1 fully saturated rings. The van der Waals surface area contributed by atoms with Gasteiger partial charge in [-0.05, 0) is 37.0 Å². The number of benzene rings is 1. The van der Waals surface area contributed by atoms with Gasteiger partial charge in [0.2, 0.25) is 5.95 Å². The molecule has 2 heterocycles. The van der Waals surface area contributed by atoms with Crippen LogP contribution in [0, 0.1) is 0 Å². The zero-order valence-electron chi connectivity index (χ0n) is 15.6. The summed E-state index contributed by atoms with van der Waals surface area (Å²) in [6.07, 6.45) is 4.98. The fourth-order valence-electron chi connectivity index (χ4n) is 2.97. The minimum absolute atomic E-state index is 0.310. The summed E-state index contributed by atoms with van der Waals surface area (Å²) in [4.78, 5) is 25.5. The number of aromatic nitrogens is 2. The van der Waals surface area contributed by atoms with E-state index < -0.39 is 0 Å². The van der Waals surface area contributed by atoms with Gasteiger partial charge in [0.1, 0.15) is 5.69 Å². The number of anilines is 4. The monoisotopic (exact) mass is 354 g/mol. The van der Waals surface area contributed by atoms with E-state index in [4.69, 9.17) is 0 Å². The van der Waals surface area contributed by atoms with E-state index in [-0.39, 0.29) is 6.03 Å². The Bertz CT molecular complexity index is 753. The Balaban J connectivity index is 1.71. The lowest BCUT2D eigenvalue weighted by Crippen LogP contribution is -2.25. The molecule has 1 aromatic heterocycles. The lowest BCUT2D eigenvalue weighted by molar-refractivity contribution is 0.262. The van der Waals surface area contributed by atoms with Crippen LogP contribution in [0.15, 0.2) is 30.5 Å². The van der Waals surface area contributed by atoms with Crippen molar-refractivity contribution in [3.63, 3.8) is 0 Å². The van der Waals surface area contributed by atoms with Gasteiger partial charge in [0.05, 0.1) is 6.20 Å². The van der Waals surface area contributed by atoms with Crippen molar-refractivity contribution in [2.45, 2.75) is 26.2 Å². The number of hydrogen-bond acceptors (Lipinski definition) is 5. The first-order valence-electron chi connectivity index (χ1n) is 9.03. The van der Waals surface area contributed by atoms with Gasteiger partial charge in [-0.3, -0.25) is 0 Å². The van der Waals surface area contributed by atoms with Crippen molar-refractivity contribution < 1.29 is 4.79 Å². The van der Waals surface area contributed by atoms with Crippen molar-refractivity contribution in [2.75, 3.05) is 47.6 Å². The summed E-state index contributed by atoms with van der Waals surface area (Å²) in [5.74, 6) is 1.41. The summed E-state index contributed by atoms with van der Waals surface area (Å²) in [5.41, 5.74) is 2.57. The van der Waals surface area contributed by atoms with Crippen molar-refractivity contribution in [3.8, 4) is 0 Å². The van der Waals surface area contributed by atoms with Gasteiger partial charge >= 0.3 is 6.03 Å². The molecule has 1 aromatic carbocycles. The quantitative estimate of drug-likeness (QED) is 0.861. The van der Waals surface area contributed by atoms with Crippen molar-refractivity contribution in [2.24, 2.45) is 0 Å². The van der Waals surface area contributed by atoms with Gasteiger partial charge in [-0.25, -0.2) is 9.78 Å². The molecule has 2 amide bonds. The maximum Gasteiger partial charge on any atom is 0.323 e. The molecule has 0 radical (unpaired) electrons. The third-order valence-electron chi connectivity index (χ3n) is 4.44.